The molecule has 1 aromatic carbocycles. The molecule has 1 aromatic rings. The van der Waals surface area contributed by atoms with Crippen molar-refractivity contribution in [2.45, 2.75) is 58.8 Å². The van der Waals surface area contributed by atoms with Crippen LogP contribution in [0, 0.1) is 0 Å². The SMILES string of the molecule is CCCCCCCCCN1CCOc2ccc(C(C)=O)cc21. The summed E-state index contributed by atoms with van der Waals surface area (Å²) in [6.45, 7) is 6.59. The summed E-state index contributed by atoms with van der Waals surface area (Å²) >= 11 is 0. The molecule has 0 atom stereocenters. The summed E-state index contributed by atoms with van der Waals surface area (Å²) in [6.07, 6.45) is 9.26. The summed E-state index contributed by atoms with van der Waals surface area (Å²) in [6, 6.07) is 5.78. The van der Waals surface area contributed by atoms with Crippen molar-refractivity contribution in [2.75, 3.05) is 24.6 Å². The second-order valence-corrected chi connectivity index (χ2v) is 6.20. The van der Waals surface area contributed by atoms with Gasteiger partial charge in [-0.3, -0.25) is 4.79 Å². The zero-order valence-corrected chi connectivity index (χ0v) is 14.1. The maximum absolute atomic E-state index is 11.6. The number of ether oxygens (including phenoxy) is 1. The molecule has 0 saturated carbocycles. The third-order valence-corrected chi connectivity index (χ3v) is 4.36. The Bertz CT molecular complexity index is 484. The van der Waals surface area contributed by atoms with Gasteiger partial charge in [-0.05, 0) is 31.5 Å². The highest BCUT2D eigenvalue weighted by molar-refractivity contribution is 5.95. The maximum Gasteiger partial charge on any atom is 0.159 e. The fourth-order valence-electron chi connectivity index (χ4n) is 2.98. The van der Waals surface area contributed by atoms with Crippen molar-refractivity contribution in [1.82, 2.24) is 0 Å². The molecule has 0 N–H and O–H groups in total. The molecule has 2 rings (SSSR count). The minimum absolute atomic E-state index is 0.115. The average molecular weight is 303 g/mol. The van der Waals surface area contributed by atoms with Crippen molar-refractivity contribution in [3.05, 3.63) is 23.8 Å². The van der Waals surface area contributed by atoms with E-state index in [-0.39, 0.29) is 5.78 Å². The predicted molar refractivity (Wildman–Crippen MR) is 92.1 cm³/mol. The molecule has 0 radical (unpaired) electrons. The molecule has 0 fully saturated rings. The van der Waals surface area contributed by atoms with E-state index < -0.39 is 0 Å². The summed E-state index contributed by atoms with van der Waals surface area (Å²) in [5, 5.41) is 0. The van der Waals surface area contributed by atoms with Crippen molar-refractivity contribution in [2.24, 2.45) is 0 Å². The topological polar surface area (TPSA) is 29.5 Å². The Labute approximate surface area is 134 Å². The van der Waals surface area contributed by atoms with Gasteiger partial charge in [0.15, 0.2) is 5.78 Å². The Morgan fingerprint density at radius 3 is 2.59 bits per heavy atom. The second kappa shape index (κ2) is 8.82. The van der Waals surface area contributed by atoms with Gasteiger partial charge in [0.05, 0.1) is 12.2 Å². The van der Waals surface area contributed by atoms with Crippen LogP contribution >= 0.6 is 0 Å². The fraction of sp³-hybridized carbons (Fsp3) is 0.632. The van der Waals surface area contributed by atoms with Crippen LogP contribution in [0.1, 0.15) is 69.2 Å². The van der Waals surface area contributed by atoms with E-state index in [0.717, 1.165) is 36.7 Å². The Kier molecular flexibility index (Phi) is 6.75. The number of hydrogen-bond acceptors (Lipinski definition) is 3. The van der Waals surface area contributed by atoms with E-state index in [1.807, 2.05) is 18.2 Å². The van der Waals surface area contributed by atoms with Gasteiger partial charge in [0.2, 0.25) is 0 Å². The summed E-state index contributed by atoms with van der Waals surface area (Å²) in [5.74, 6) is 1.03. The number of benzene rings is 1. The highest BCUT2D eigenvalue weighted by atomic mass is 16.5. The first-order valence-electron chi connectivity index (χ1n) is 8.75. The van der Waals surface area contributed by atoms with Gasteiger partial charge in [-0.15, -0.1) is 0 Å². The van der Waals surface area contributed by atoms with E-state index in [1.54, 1.807) is 6.92 Å². The van der Waals surface area contributed by atoms with Crippen molar-refractivity contribution in [1.29, 1.82) is 0 Å². The monoisotopic (exact) mass is 303 g/mol. The lowest BCUT2D eigenvalue weighted by Crippen LogP contribution is -2.33. The van der Waals surface area contributed by atoms with E-state index in [4.69, 9.17) is 4.74 Å². The third-order valence-electron chi connectivity index (χ3n) is 4.36. The number of unbranched alkanes of at least 4 members (excludes halogenated alkanes) is 6. The van der Waals surface area contributed by atoms with Gasteiger partial charge in [0.25, 0.3) is 0 Å². The standard InChI is InChI=1S/C19H29NO2/c1-3-4-5-6-7-8-9-12-20-13-14-22-19-11-10-17(16(2)21)15-18(19)20/h10-11,15H,3-9,12-14H2,1-2H3. The minimum Gasteiger partial charge on any atom is -0.490 e. The van der Waals surface area contributed by atoms with Crippen LogP contribution in [0.2, 0.25) is 0 Å². The molecule has 122 valence electrons. The van der Waals surface area contributed by atoms with Crippen LogP contribution in [-0.4, -0.2) is 25.5 Å². The largest absolute Gasteiger partial charge is 0.490 e. The van der Waals surface area contributed by atoms with E-state index in [1.165, 1.54) is 44.9 Å². The van der Waals surface area contributed by atoms with E-state index in [2.05, 4.69) is 11.8 Å². The lowest BCUT2D eigenvalue weighted by Gasteiger charge is -2.31. The Morgan fingerprint density at radius 2 is 1.86 bits per heavy atom. The average Bonchev–Trinajstić information content (AvgIpc) is 2.53. The Balaban J connectivity index is 1.83. The van der Waals surface area contributed by atoms with Crippen LogP contribution < -0.4 is 9.64 Å². The predicted octanol–water partition coefficient (Wildman–Crippen LogP) is 4.84. The number of anilines is 1. The van der Waals surface area contributed by atoms with Gasteiger partial charge >= 0.3 is 0 Å². The number of hydrogen-bond donors (Lipinski definition) is 0. The minimum atomic E-state index is 0.115. The smallest absolute Gasteiger partial charge is 0.159 e. The van der Waals surface area contributed by atoms with Gasteiger partial charge in [0.1, 0.15) is 12.4 Å². The number of rotatable bonds is 9. The molecule has 0 aliphatic carbocycles. The van der Waals surface area contributed by atoms with Crippen LogP contribution in [0.3, 0.4) is 0 Å². The molecule has 3 nitrogen and oxygen atoms in total. The Morgan fingerprint density at radius 1 is 1.14 bits per heavy atom. The van der Waals surface area contributed by atoms with Crippen molar-refractivity contribution in [3.63, 3.8) is 0 Å². The van der Waals surface area contributed by atoms with E-state index in [9.17, 15) is 4.79 Å². The molecule has 0 spiro atoms. The molecule has 0 saturated heterocycles. The number of ketones is 1. The lowest BCUT2D eigenvalue weighted by atomic mass is 10.1. The number of Topliss-reactive ketones (excluding diaryl/α,β-unsaturated/α-hetero) is 1. The van der Waals surface area contributed by atoms with Crippen molar-refractivity contribution >= 4 is 11.5 Å². The lowest BCUT2D eigenvalue weighted by molar-refractivity contribution is 0.101. The fourth-order valence-corrected chi connectivity index (χ4v) is 2.98. The van der Waals surface area contributed by atoms with Gasteiger partial charge in [0, 0.05) is 12.1 Å². The first kappa shape index (κ1) is 16.9. The maximum atomic E-state index is 11.6. The highest BCUT2D eigenvalue weighted by Crippen LogP contribution is 2.32. The second-order valence-electron chi connectivity index (χ2n) is 6.20. The van der Waals surface area contributed by atoms with Gasteiger partial charge in [-0.25, -0.2) is 0 Å². The first-order chi connectivity index (χ1) is 10.7. The Hall–Kier alpha value is -1.51. The number of nitrogens with zero attached hydrogens (tertiary/aromatic N) is 1. The van der Waals surface area contributed by atoms with Crippen molar-refractivity contribution < 1.29 is 9.53 Å². The van der Waals surface area contributed by atoms with Crippen LogP contribution in [0.4, 0.5) is 5.69 Å². The van der Waals surface area contributed by atoms with Crippen LogP contribution in [-0.2, 0) is 0 Å². The van der Waals surface area contributed by atoms with Gasteiger partial charge in [-0.1, -0.05) is 45.4 Å². The van der Waals surface area contributed by atoms with Crippen LogP contribution in [0.25, 0.3) is 0 Å². The normalized spacial score (nSPS) is 13.6. The molecule has 0 bridgehead atoms. The summed E-state index contributed by atoms with van der Waals surface area (Å²) in [7, 11) is 0. The molecule has 1 aliphatic rings. The van der Waals surface area contributed by atoms with E-state index in [0.29, 0.717) is 0 Å². The summed E-state index contributed by atoms with van der Waals surface area (Å²) in [4.78, 5) is 13.9. The van der Waals surface area contributed by atoms with Gasteiger partial charge < -0.3 is 9.64 Å². The third kappa shape index (κ3) is 4.75. The number of fused-ring (bicyclic) bond motifs is 1. The molecule has 0 unspecified atom stereocenters. The zero-order chi connectivity index (χ0) is 15.8. The van der Waals surface area contributed by atoms with E-state index >= 15 is 0 Å². The zero-order valence-electron chi connectivity index (χ0n) is 14.1. The molecule has 1 heterocycles. The molecule has 3 heteroatoms. The quantitative estimate of drug-likeness (QED) is 0.483. The molecular formula is C19H29NO2. The molecular weight excluding hydrogens is 274 g/mol. The van der Waals surface area contributed by atoms with Crippen LogP contribution in [0.15, 0.2) is 18.2 Å². The molecule has 0 aromatic heterocycles. The van der Waals surface area contributed by atoms with Crippen LogP contribution in [0.5, 0.6) is 5.75 Å². The molecule has 22 heavy (non-hydrogen) atoms. The molecule has 1 aliphatic heterocycles. The summed E-state index contributed by atoms with van der Waals surface area (Å²) < 4.78 is 5.71. The van der Waals surface area contributed by atoms with Gasteiger partial charge in [-0.2, -0.15) is 0 Å². The summed E-state index contributed by atoms with van der Waals surface area (Å²) in [5.41, 5.74) is 1.86. The highest BCUT2D eigenvalue weighted by Gasteiger charge is 2.18. The first-order valence-corrected chi connectivity index (χ1v) is 8.75. The molecule has 0 amide bonds. The number of carbonyl (C=O) groups is 1. The number of carbonyl (C=O) groups excluding carboxylic acids is 1. The van der Waals surface area contributed by atoms with Crippen molar-refractivity contribution in [3.8, 4) is 5.75 Å².